The maximum atomic E-state index is 14.1. The Morgan fingerprint density at radius 1 is 1.36 bits per heavy atom. The summed E-state index contributed by atoms with van der Waals surface area (Å²) in [5, 5.41) is 3.07. The summed E-state index contributed by atoms with van der Waals surface area (Å²) in [4.78, 5) is 38.2. The second kappa shape index (κ2) is 7.80. The summed E-state index contributed by atoms with van der Waals surface area (Å²) in [5.74, 6) is 0.758. The van der Waals surface area contributed by atoms with E-state index >= 15 is 0 Å². The predicted octanol–water partition coefficient (Wildman–Crippen LogP) is 1.30. The third kappa shape index (κ3) is 3.97. The Labute approximate surface area is 167 Å². The second-order valence-electron chi connectivity index (χ2n) is 7.29. The third-order valence-corrected chi connectivity index (χ3v) is 5.54. The Kier molecular flexibility index (Phi) is 5.61. The van der Waals surface area contributed by atoms with Crippen molar-refractivity contribution >= 4 is 29.3 Å². The van der Waals surface area contributed by atoms with Crippen LogP contribution in [0, 0.1) is 12.3 Å². The summed E-state index contributed by atoms with van der Waals surface area (Å²) in [6.45, 7) is -0.150. The largest absolute Gasteiger partial charge is 0.370 e. The quantitative estimate of drug-likeness (QED) is 0.699. The normalized spacial score (nSPS) is 23.5. The summed E-state index contributed by atoms with van der Waals surface area (Å²) in [7, 11) is 0. The van der Waals surface area contributed by atoms with E-state index in [2.05, 4.69) is 11.2 Å². The minimum Gasteiger partial charge on any atom is -0.370 e. The highest BCUT2D eigenvalue weighted by molar-refractivity contribution is 6.30. The molecule has 148 valence electrons. The molecule has 0 bridgehead atoms. The first-order valence-electron chi connectivity index (χ1n) is 9.03. The van der Waals surface area contributed by atoms with Crippen molar-refractivity contribution in [2.45, 2.75) is 49.4 Å². The topological polar surface area (TPSA) is 92.5 Å². The monoisotopic (exact) mass is 405 g/mol. The lowest BCUT2D eigenvalue weighted by Crippen LogP contribution is -2.51. The highest BCUT2D eigenvalue weighted by Gasteiger charge is 2.56. The Bertz CT molecular complexity index is 832. The van der Waals surface area contributed by atoms with Gasteiger partial charge in [0.1, 0.15) is 12.2 Å². The first-order valence-corrected chi connectivity index (χ1v) is 9.40. The fourth-order valence-corrected chi connectivity index (χ4v) is 3.80. The van der Waals surface area contributed by atoms with Crippen LogP contribution in [-0.4, -0.2) is 47.4 Å². The molecule has 2 fully saturated rings. The van der Waals surface area contributed by atoms with Gasteiger partial charge in [0.25, 0.3) is 0 Å². The number of hydrogen-bond acceptors (Lipinski definition) is 3. The molecule has 3 N–H and O–H groups in total. The molecule has 2 aliphatic rings. The van der Waals surface area contributed by atoms with E-state index in [0.717, 1.165) is 5.56 Å². The van der Waals surface area contributed by atoms with Crippen molar-refractivity contribution in [2.24, 2.45) is 5.73 Å². The number of nitrogens with one attached hydrogen (secondary N) is 1. The van der Waals surface area contributed by atoms with Crippen molar-refractivity contribution in [3.8, 4) is 12.3 Å². The highest BCUT2D eigenvalue weighted by Crippen LogP contribution is 2.50. The molecule has 1 saturated carbocycles. The number of alkyl halides is 1. The van der Waals surface area contributed by atoms with Crippen LogP contribution in [0.4, 0.5) is 4.39 Å². The molecule has 3 unspecified atom stereocenters. The molecule has 28 heavy (non-hydrogen) atoms. The van der Waals surface area contributed by atoms with Gasteiger partial charge in [-0.2, -0.15) is 0 Å². The van der Waals surface area contributed by atoms with Gasteiger partial charge in [-0.25, -0.2) is 4.39 Å². The van der Waals surface area contributed by atoms with Gasteiger partial charge in [-0.15, -0.1) is 6.42 Å². The van der Waals surface area contributed by atoms with E-state index in [1.54, 1.807) is 24.3 Å². The second-order valence-corrected chi connectivity index (χ2v) is 7.73. The van der Waals surface area contributed by atoms with Crippen LogP contribution in [0.5, 0.6) is 0 Å². The number of nitrogens with two attached hydrogens (primary N) is 1. The lowest BCUT2D eigenvalue weighted by Gasteiger charge is -2.29. The van der Waals surface area contributed by atoms with E-state index in [9.17, 15) is 18.8 Å². The number of carbonyl (C=O) groups excluding carboxylic acids is 3. The number of likely N-dealkylation sites (tertiary alicyclic amines) is 1. The summed E-state index contributed by atoms with van der Waals surface area (Å²) in [6.07, 6.45) is 4.94. The zero-order valence-electron chi connectivity index (χ0n) is 15.2. The molecule has 1 saturated heterocycles. The Morgan fingerprint density at radius 3 is 2.54 bits per heavy atom. The summed E-state index contributed by atoms with van der Waals surface area (Å²) < 4.78 is 14.1. The number of benzene rings is 1. The van der Waals surface area contributed by atoms with Crippen molar-refractivity contribution < 1.29 is 18.8 Å². The molecule has 8 heteroatoms. The first kappa shape index (κ1) is 20.2. The fourth-order valence-electron chi connectivity index (χ4n) is 3.67. The van der Waals surface area contributed by atoms with Gasteiger partial charge in [0, 0.05) is 11.4 Å². The minimum atomic E-state index is -1.30. The van der Waals surface area contributed by atoms with Gasteiger partial charge in [-0.05, 0) is 30.5 Å². The van der Waals surface area contributed by atoms with Gasteiger partial charge in [0.15, 0.2) is 0 Å². The zero-order chi connectivity index (χ0) is 20.5. The standard InChI is InChI=1S/C20H21ClFN3O3/c1-2-15(10-17(23)26)24-18(27)16-9-14(22)11-25(16)19(28)20(7-8-20)12-3-5-13(21)6-4-12/h1,3-6,14-16H,7-11H2,(H2,23,26)(H,24,27). The first-order chi connectivity index (χ1) is 13.3. The van der Waals surface area contributed by atoms with Crippen LogP contribution in [0.3, 0.4) is 0 Å². The van der Waals surface area contributed by atoms with Crippen molar-refractivity contribution in [3.05, 3.63) is 34.9 Å². The van der Waals surface area contributed by atoms with Crippen molar-refractivity contribution in [2.75, 3.05) is 6.54 Å². The molecule has 0 spiro atoms. The van der Waals surface area contributed by atoms with Crippen LogP contribution in [0.2, 0.25) is 5.02 Å². The molecule has 1 aliphatic carbocycles. The maximum Gasteiger partial charge on any atom is 0.243 e. The Hall–Kier alpha value is -2.59. The van der Waals surface area contributed by atoms with Crippen molar-refractivity contribution in [1.82, 2.24) is 10.2 Å². The Balaban J connectivity index is 1.77. The van der Waals surface area contributed by atoms with Gasteiger partial charge in [0.2, 0.25) is 17.7 Å². The van der Waals surface area contributed by atoms with E-state index in [-0.39, 0.29) is 25.3 Å². The minimum absolute atomic E-state index is 0.109. The highest BCUT2D eigenvalue weighted by atomic mass is 35.5. The van der Waals surface area contributed by atoms with Crippen molar-refractivity contribution in [3.63, 3.8) is 0 Å². The zero-order valence-corrected chi connectivity index (χ0v) is 15.9. The van der Waals surface area contributed by atoms with Gasteiger partial charge < -0.3 is 16.0 Å². The molecule has 6 nitrogen and oxygen atoms in total. The SMILES string of the molecule is C#CC(CC(N)=O)NC(=O)C1CC(F)CN1C(=O)C1(c2ccc(Cl)cc2)CC1. The number of halogens is 2. The number of nitrogens with zero attached hydrogens (tertiary/aromatic N) is 1. The van der Waals surface area contributed by atoms with Gasteiger partial charge in [-0.3, -0.25) is 14.4 Å². The van der Waals surface area contributed by atoms with Crippen LogP contribution >= 0.6 is 11.6 Å². The van der Waals surface area contributed by atoms with Crippen LogP contribution in [0.1, 0.15) is 31.2 Å². The van der Waals surface area contributed by atoms with Gasteiger partial charge >= 0.3 is 0 Å². The van der Waals surface area contributed by atoms with Gasteiger partial charge in [0.05, 0.1) is 24.4 Å². The Morgan fingerprint density at radius 2 is 2.00 bits per heavy atom. The average Bonchev–Trinajstić information content (AvgIpc) is 3.36. The van der Waals surface area contributed by atoms with Gasteiger partial charge in [-0.1, -0.05) is 29.7 Å². The molecule has 3 rings (SSSR count). The van der Waals surface area contributed by atoms with E-state index in [1.165, 1.54) is 4.90 Å². The molecule has 0 aromatic heterocycles. The predicted molar refractivity (Wildman–Crippen MR) is 102 cm³/mol. The lowest BCUT2D eigenvalue weighted by atomic mass is 9.94. The van der Waals surface area contributed by atoms with Crippen LogP contribution in [-0.2, 0) is 19.8 Å². The third-order valence-electron chi connectivity index (χ3n) is 5.29. The summed E-state index contributed by atoms with van der Waals surface area (Å²) >= 11 is 5.92. The molecule has 0 radical (unpaired) electrons. The molecule has 1 aliphatic heterocycles. The number of terminal acetylenes is 1. The molecular formula is C20H21ClFN3O3. The van der Waals surface area contributed by atoms with E-state index in [4.69, 9.17) is 23.8 Å². The average molecular weight is 406 g/mol. The fraction of sp³-hybridized carbons (Fsp3) is 0.450. The summed E-state index contributed by atoms with van der Waals surface area (Å²) in [5.41, 5.74) is 5.18. The van der Waals surface area contributed by atoms with E-state index in [0.29, 0.717) is 17.9 Å². The molecule has 3 amide bonds. The lowest BCUT2D eigenvalue weighted by molar-refractivity contribution is -0.140. The molecule has 1 heterocycles. The number of primary amides is 1. The van der Waals surface area contributed by atoms with Crippen LogP contribution in [0.25, 0.3) is 0 Å². The van der Waals surface area contributed by atoms with Crippen LogP contribution < -0.4 is 11.1 Å². The van der Waals surface area contributed by atoms with E-state index in [1.807, 2.05) is 0 Å². The summed E-state index contributed by atoms with van der Waals surface area (Å²) in [6, 6.07) is 5.11. The number of carbonyl (C=O) groups is 3. The van der Waals surface area contributed by atoms with Crippen molar-refractivity contribution in [1.29, 1.82) is 0 Å². The molecular weight excluding hydrogens is 385 g/mol. The molecule has 3 atom stereocenters. The number of rotatable bonds is 6. The maximum absolute atomic E-state index is 14.1. The number of hydrogen-bond donors (Lipinski definition) is 2. The van der Waals surface area contributed by atoms with E-state index < -0.39 is 35.5 Å². The molecule has 1 aromatic carbocycles. The molecule has 1 aromatic rings. The smallest absolute Gasteiger partial charge is 0.243 e. The number of amides is 3. The van der Waals surface area contributed by atoms with Crippen LogP contribution in [0.15, 0.2) is 24.3 Å².